The number of amides is 3. The van der Waals surface area contributed by atoms with Crippen LogP contribution in [0, 0.1) is 5.92 Å². The molecule has 2 aromatic carbocycles. The van der Waals surface area contributed by atoms with E-state index in [1.165, 1.54) is 20.4 Å². The molecule has 0 spiro atoms. The average molecular weight is 892 g/mol. The zero-order chi connectivity index (χ0) is 44.7. The van der Waals surface area contributed by atoms with Crippen molar-refractivity contribution in [2.45, 2.75) is 69.0 Å². The number of imidazole rings is 2. The minimum atomic E-state index is -2.85. The Morgan fingerprint density at radius 2 is 1.71 bits per heavy atom. The first-order chi connectivity index (χ1) is 31.4. The molecule has 3 atom stereocenters. The number of carbonyl (C=O) groups is 3. The molecule has 6 aliphatic rings. The molecular formula is C46H55F2N13O4. The number of nitrogens with one attached hydrogen (secondary N) is 3. The number of likely N-dealkylation sites (tertiary alicyclic amines) is 1. The molecule has 17 nitrogen and oxygen atoms in total. The van der Waals surface area contributed by atoms with Gasteiger partial charge in [-0.05, 0) is 74.8 Å². The van der Waals surface area contributed by atoms with Crippen molar-refractivity contribution in [2.24, 2.45) is 13.0 Å². The van der Waals surface area contributed by atoms with Gasteiger partial charge in [0.1, 0.15) is 6.04 Å². The van der Waals surface area contributed by atoms with Crippen molar-refractivity contribution < 1.29 is 23.2 Å². The molecular weight excluding hydrogens is 837 g/mol. The number of piperazine rings is 1. The number of carbonyl (C=O) groups excluding carboxylic acids is 3. The Morgan fingerprint density at radius 3 is 2.48 bits per heavy atom. The largest absolute Gasteiger partial charge is 0.385 e. The lowest BCUT2D eigenvalue weighted by Crippen LogP contribution is -2.62. The number of rotatable bonds is 10. The van der Waals surface area contributed by atoms with Crippen molar-refractivity contribution in [2.75, 3.05) is 92.5 Å². The van der Waals surface area contributed by atoms with Crippen LogP contribution >= 0.6 is 0 Å². The van der Waals surface area contributed by atoms with E-state index in [-0.39, 0.29) is 48.9 Å². The number of alkyl halides is 2. The van der Waals surface area contributed by atoms with E-state index in [9.17, 15) is 19.2 Å². The summed E-state index contributed by atoms with van der Waals surface area (Å²) < 4.78 is 36.9. The Labute approximate surface area is 374 Å². The number of hydrogen-bond donors (Lipinski definition) is 3. The van der Waals surface area contributed by atoms with Gasteiger partial charge in [0.05, 0.1) is 35.5 Å². The zero-order valence-electron chi connectivity index (χ0n) is 36.8. The Hall–Kier alpha value is -6.08. The van der Waals surface area contributed by atoms with Gasteiger partial charge >= 0.3 is 5.69 Å². The van der Waals surface area contributed by atoms with E-state index in [1.54, 1.807) is 17.8 Å². The zero-order valence-corrected chi connectivity index (χ0v) is 36.8. The summed E-state index contributed by atoms with van der Waals surface area (Å²) in [5.74, 6) is -2.82. The van der Waals surface area contributed by atoms with Gasteiger partial charge in [-0.1, -0.05) is 6.07 Å². The lowest BCUT2D eigenvalue weighted by molar-refractivity contribution is -0.135. The van der Waals surface area contributed by atoms with Gasteiger partial charge < -0.3 is 25.3 Å². The second-order valence-electron chi connectivity index (χ2n) is 18.7. The molecule has 342 valence electrons. The van der Waals surface area contributed by atoms with Crippen LogP contribution in [0.1, 0.15) is 60.6 Å². The van der Waals surface area contributed by atoms with E-state index in [0.29, 0.717) is 68.1 Å². The summed E-state index contributed by atoms with van der Waals surface area (Å²) in [4.78, 5) is 66.0. The summed E-state index contributed by atoms with van der Waals surface area (Å²) in [5, 5.41) is 13.6. The molecule has 0 radical (unpaired) electrons. The Balaban J connectivity index is 0.709. The van der Waals surface area contributed by atoms with Gasteiger partial charge in [0.25, 0.3) is 11.8 Å². The van der Waals surface area contributed by atoms with Gasteiger partial charge in [0.2, 0.25) is 11.8 Å². The summed E-state index contributed by atoms with van der Waals surface area (Å²) in [6.07, 6.45) is 6.20. The van der Waals surface area contributed by atoms with Crippen molar-refractivity contribution in [1.29, 1.82) is 0 Å². The maximum Gasteiger partial charge on any atom is 0.329 e. The molecule has 1 saturated carbocycles. The Bertz CT molecular complexity index is 2770. The van der Waals surface area contributed by atoms with Gasteiger partial charge in [-0.25, -0.2) is 23.1 Å². The average Bonchev–Trinajstić information content (AvgIpc) is 3.58. The number of piperidine rings is 2. The molecule has 3 amide bonds. The number of hydrogen-bond acceptors (Lipinski definition) is 12. The minimum Gasteiger partial charge on any atom is -0.385 e. The van der Waals surface area contributed by atoms with E-state index in [0.717, 1.165) is 68.2 Å². The van der Waals surface area contributed by atoms with Crippen LogP contribution in [0.25, 0.3) is 16.7 Å². The Morgan fingerprint density at radius 1 is 0.892 bits per heavy atom. The fraction of sp³-hybridized carbons (Fsp3) is 0.522. The Kier molecular flexibility index (Phi) is 10.3. The third kappa shape index (κ3) is 7.45. The summed E-state index contributed by atoms with van der Waals surface area (Å²) >= 11 is 0. The lowest BCUT2D eigenvalue weighted by Gasteiger charge is -2.47. The van der Waals surface area contributed by atoms with Gasteiger partial charge in [0, 0.05) is 114 Å². The van der Waals surface area contributed by atoms with E-state index in [2.05, 4.69) is 53.8 Å². The number of benzene rings is 2. The molecule has 0 bridgehead atoms. The highest BCUT2D eigenvalue weighted by atomic mass is 19.3. The van der Waals surface area contributed by atoms with E-state index in [4.69, 9.17) is 5.10 Å². The number of nitrogens with zero attached hydrogens (tertiary/aromatic N) is 10. The maximum absolute atomic E-state index is 16.1. The molecule has 3 N–H and O–H groups in total. The molecule has 5 aliphatic heterocycles. The highest BCUT2D eigenvalue weighted by Crippen LogP contribution is 2.42. The number of aromatic nitrogens is 5. The molecule has 2 unspecified atom stereocenters. The quantitative estimate of drug-likeness (QED) is 0.176. The lowest BCUT2D eigenvalue weighted by atomic mass is 9.96. The van der Waals surface area contributed by atoms with Crippen LogP contribution in [-0.4, -0.2) is 142 Å². The van der Waals surface area contributed by atoms with Crippen molar-refractivity contribution in [3.05, 3.63) is 70.4 Å². The fourth-order valence-corrected chi connectivity index (χ4v) is 11.1. The van der Waals surface area contributed by atoms with Crippen molar-refractivity contribution >= 4 is 63.0 Å². The molecule has 5 aromatic rings. The first kappa shape index (κ1) is 41.6. The van der Waals surface area contributed by atoms with Gasteiger partial charge in [-0.3, -0.25) is 38.6 Å². The van der Waals surface area contributed by atoms with Gasteiger partial charge in [-0.2, -0.15) is 0 Å². The van der Waals surface area contributed by atoms with Crippen molar-refractivity contribution in [3.8, 4) is 0 Å². The summed E-state index contributed by atoms with van der Waals surface area (Å²) in [5.41, 5.74) is 7.19. The number of fused-ring (bicyclic) bond motifs is 3. The number of imide groups is 1. The smallest absolute Gasteiger partial charge is 0.329 e. The second-order valence-corrected chi connectivity index (χ2v) is 18.7. The second kappa shape index (κ2) is 16.1. The highest BCUT2D eigenvalue weighted by Gasteiger charge is 2.48. The van der Waals surface area contributed by atoms with Crippen LogP contribution < -0.4 is 36.3 Å². The fourth-order valence-electron chi connectivity index (χ4n) is 11.1. The third-order valence-electron chi connectivity index (χ3n) is 14.6. The molecule has 19 heteroatoms. The predicted octanol–water partition coefficient (Wildman–Crippen LogP) is 3.35. The van der Waals surface area contributed by atoms with Crippen LogP contribution in [0.15, 0.2) is 53.5 Å². The van der Waals surface area contributed by atoms with Crippen LogP contribution in [0.2, 0.25) is 0 Å². The first-order valence-electron chi connectivity index (χ1n) is 23.1. The van der Waals surface area contributed by atoms with Gasteiger partial charge in [0.15, 0.2) is 17.2 Å². The molecule has 3 aromatic heterocycles. The molecule has 8 heterocycles. The molecule has 4 saturated heterocycles. The monoisotopic (exact) mass is 891 g/mol. The van der Waals surface area contributed by atoms with E-state index < -0.39 is 23.9 Å². The number of anilines is 5. The van der Waals surface area contributed by atoms with E-state index >= 15 is 8.78 Å². The van der Waals surface area contributed by atoms with Crippen LogP contribution in [0.4, 0.5) is 37.3 Å². The van der Waals surface area contributed by atoms with Crippen LogP contribution in [0.3, 0.4) is 0 Å². The van der Waals surface area contributed by atoms with Crippen LogP contribution in [-0.2, 0) is 23.1 Å². The first-order valence-corrected chi connectivity index (χ1v) is 23.1. The maximum atomic E-state index is 16.1. The highest BCUT2D eigenvalue weighted by molar-refractivity contribution is 6.00. The van der Waals surface area contributed by atoms with Crippen molar-refractivity contribution in [1.82, 2.24) is 44.2 Å². The number of aryl methyl sites for hydroxylation is 1. The van der Waals surface area contributed by atoms with Gasteiger partial charge in [-0.15, -0.1) is 5.10 Å². The molecule has 11 rings (SSSR count). The molecule has 1 aliphatic carbocycles. The third-order valence-corrected chi connectivity index (χ3v) is 14.6. The molecule has 65 heavy (non-hydrogen) atoms. The predicted molar refractivity (Wildman–Crippen MR) is 243 cm³/mol. The minimum absolute atomic E-state index is 0.172. The summed E-state index contributed by atoms with van der Waals surface area (Å²) in [6.45, 7) is 5.63. The van der Waals surface area contributed by atoms with E-state index in [1.807, 2.05) is 41.1 Å². The van der Waals surface area contributed by atoms with Crippen molar-refractivity contribution in [3.63, 3.8) is 0 Å². The standard InChI is InChI=1S/C46H55F2N13O4/c1-49-32-23-40(53-61-38(24-50-42(32)61)44(64)51-29-6-7-29)59-17-13-31-33(4-3-5-34(31)59)58-16-12-28(26-58)25-55-15-14-39(46(47,48)27-55)57-20-18-56(19-21-57)30-8-9-35-37(22-30)54(2)45(65)60(35)36-10-11-41(62)52-43(36)63/h3-5,8-9,22-24,28-29,36,39,49H,6-7,10-21,25-27H2,1-2H3,(H,51,64)(H,52,62,63)/t28-,36?,39?/m0/s1. The summed E-state index contributed by atoms with van der Waals surface area (Å²) in [6, 6.07) is 12.7. The SMILES string of the molecule is CNc1cc(N2CCc3c(N4CC[C@@H](CN5CCC(N6CCN(c7ccc8c(c7)n(C)c(=O)n8C7CCC(=O)NC7=O)CC6)C(F)(F)C5)C4)cccc32)nn2c(C(=O)NC3CC3)cnc12. The normalized spacial score (nSPS) is 24.0. The number of halogens is 2. The topological polar surface area (TPSA) is 161 Å². The molecule has 5 fully saturated rings. The summed E-state index contributed by atoms with van der Waals surface area (Å²) in [7, 11) is 3.52. The van der Waals surface area contributed by atoms with Crippen LogP contribution in [0.5, 0.6) is 0 Å².